The maximum atomic E-state index is 12.0. The first-order valence-corrected chi connectivity index (χ1v) is 8.56. The average Bonchev–Trinajstić information content (AvgIpc) is 2.53. The van der Waals surface area contributed by atoms with Crippen LogP contribution in [0.25, 0.3) is 0 Å². The third-order valence-corrected chi connectivity index (χ3v) is 4.26. The minimum Gasteiger partial charge on any atom is -0.493 e. The lowest BCUT2D eigenvalue weighted by Gasteiger charge is -2.15. The van der Waals surface area contributed by atoms with E-state index in [1.165, 1.54) is 7.11 Å². The molecule has 0 unspecified atom stereocenters. The Balaban J connectivity index is 2.25. The van der Waals surface area contributed by atoms with E-state index in [0.29, 0.717) is 23.7 Å². The molecule has 0 heterocycles. The van der Waals surface area contributed by atoms with Crippen molar-refractivity contribution in [3.05, 3.63) is 56.7 Å². The van der Waals surface area contributed by atoms with E-state index in [1.54, 1.807) is 12.1 Å². The van der Waals surface area contributed by atoms with Gasteiger partial charge in [-0.2, -0.15) is 0 Å². The van der Waals surface area contributed by atoms with Gasteiger partial charge in [-0.05, 0) is 65.0 Å². The van der Waals surface area contributed by atoms with Crippen LogP contribution in [-0.2, 0) is 6.61 Å². The maximum absolute atomic E-state index is 12.0. The summed E-state index contributed by atoms with van der Waals surface area (Å²) in [6.07, 6.45) is 0. The molecule has 0 saturated heterocycles. The summed E-state index contributed by atoms with van der Waals surface area (Å²) < 4.78 is 12.1. The number of carbonyl (C=O) groups excluding carboxylic acids is 1. The zero-order valence-electron chi connectivity index (χ0n) is 13.3. The Labute approximate surface area is 159 Å². The molecular formula is C17H17IN2O3S. The van der Waals surface area contributed by atoms with Crippen molar-refractivity contribution in [3.8, 4) is 11.5 Å². The van der Waals surface area contributed by atoms with Crippen molar-refractivity contribution in [2.24, 2.45) is 5.73 Å². The first-order chi connectivity index (χ1) is 11.4. The van der Waals surface area contributed by atoms with Gasteiger partial charge in [0.1, 0.15) is 6.61 Å². The fraction of sp³-hybridized carbons (Fsp3) is 0.176. The van der Waals surface area contributed by atoms with E-state index in [4.69, 9.17) is 15.2 Å². The van der Waals surface area contributed by atoms with Crippen LogP contribution in [0.3, 0.4) is 0 Å². The Morgan fingerprint density at radius 2 is 2.04 bits per heavy atom. The van der Waals surface area contributed by atoms with E-state index in [-0.39, 0.29) is 11.0 Å². The van der Waals surface area contributed by atoms with Crippen molar-refractivity contribution < 1.29 is 14.3 Å². The molecule has 0 aliphatic heterocycles. The molecule has 0 fully saturated rings. The Kier molecular flexibility index (Phi) is 6.38. The molecule has 0 saturated carbocycles. The summed E-state index contributed by atoms with van der Waals surface area (Å²) in [6.45, 7) is 2.45. The lowest BCUT2D eigenvalue weighted by Crippen LogP contribution is -2.34. The van der Waals surface area contributed by atoms with Crippen molar-refractivity contribution in [1.82, 2.24) is 5.32 Å². The van der Waals surface area contributed by atoms with E-state index >= 15 is 0 Å². The molecule has 0 spiro atoms. The van der Waals surface area contributed by atoms with Crippen LogP contribution >= 0.6 is 34.8 Å². The Hall–Kier alpha value is -1.87. The zero-order valence-corrected chi connectivity index (χ0v) is 16.2. The number of rotatable bonds is 5. The molecule has 1 amide bonds. The summed E-state index contributed by atoms with van der Waals surface area (Å²) in [5.74, 6) is 0.681. The van der Waals surface area contributed by atoms with Gasteiger partial charge in [0.25, 0.3) is 5.91 Å². The van der Waals surface area contributed by atoms with Gasteiger partial charge in [0.2, 0.25) is 0 Å². The van der Waals surface area contributed by atoms with Gasteiger partial charge < -0.3 is 15.2 Å². The van der Waals surface area contributed by atoms with Gasteiger partial charge in [-0.3, -0.25) is 10.1 Å². The van der Waals surface area contributed by atoms with E-state index in [0.717, 1.165) is 14.7 Å². The van der Waals surface area contributed by atoms with Crippen molar-refractivity contribution >= 4 is 45.8 Å². The van der Waals surface area contributed by atoms with Crippen molar-refractivity contribution in [2.45, 2.75) is 13.5 Å². The van der Waals surface area contributed by atoms with Crippen LogP contribution in [0.15, 0.2) is 36.4 Å². The number of halogens is 1. The molecule has 7 heteroatoms. The number of aryl methyl sites for hydroxylation is 1. The van der Waals surface area contributed by atoms with E-state index in [1.807, 2.05) is 31.2 Å². The summed E-state index contributed by atoms with van der Waals surface area (Å²) in [7, 11) is 1.53. The molecule has 2 aromatic rings. The van der Waals surface area contributed by atoms with Gasteiger partial charge in [0.15, 0.2) is 16.6 Å². The number of carbonyl (C=O) groups is 1. The molecule has 0 aromatic heterocycles. The second kappa shape index (κ2) is 8.29. The van der Waals surface area contributed by atoms with E-state index in [9.17, 15) is 4.79 Å². The topological polar surface area (TPSA) is 73.6 Å². The standard InChI is InChI=1S/C17H17IN2O3S/c1-10-5-3-4-6-11(10)9-23-15-13(18)7-12(8-14(15)22-2)16(21)20-17(19)24/h3-8H,9H2,1-2H3,(H3,19,20,21,24). The number of nitrogens with two attached hydrogens (primary N) is 1. The molecule has 0 radical (unpaired) electrons. The predicted molar refractivity (Wildman–Crippen MR) is 105 cm³/mol. The molecule has 2 aromatic carbocycles. The van der Waals surface area contributed by atoms with Crippen molar-refractivity contribution in [3.63, 3.8) is 0 Å². The Bertz CT molecular complexity index is 780. The molecule has 0 aliphatic rings. The first-order valence-electron chi connectivity index (χ1n) is 7.08. The number of thiocarbonyl (C=S) groups is 1. The predicted octanol–water partition coefficient (Wildman–Crippen LogP) is 3.16. The zero-order chi connectivity index (χ0) is 17.7. The van der Waals surface area contributed by atoms with Crippen LogP contribution in [-0.4, -0.2) is 18.1 Å². The summed E-state index contributed by atoms with van der Waals surface area (Å²) in [6, 6.07) is 11.3. The number of benzene rings is 2. The number of ether oxygens (including phenoxy) is 2. The number of amides is 1. The number of nitrogens with one attached hydrogen (secondary N) is 1. The highest BCUT2D eigenvalue weighted by molar-refractivity contribution is 14.1. The maximum Gasteiger partial charge on any atom is 0.257 e. The summed E-state index contributed by atoms with van der Waals surface area (Å²) >= 11 is 6.79. The lowest BCUT2D eigenvalue weighted by molar-refractivity contribution is 0.0977. The molecule has 0 bridgehead atoms. The van der Waals surface area contributed by atoms with Gasteiger partial charge in [-0.1, -0.05) is 24.3 Å². The third-order valence-electron chi connectivity index (χ3n) is 3.36. The van der Waals surface area contributed by atoms with Crippen LogP contribution in [0.2, 0.25) is 0 Å². The quantitative estimate of drug-likeness (QED) is 0.534. The largest absolute Gasteiger partial charge is 0.493 e. The monoisotopic (exact) mass is 456 g/mol. The van der Waals surface area contributed by atoms with Crippen molar-refractivity contribution in [2.75, 3.05) is 7.11 Å². The Morgan fingerprint density at radius 3 is 2.67 bits per heavy atom. The van der Waals surface area contributed by atoms with Crippen molar-refractivity contribution in [1.29, 1.82) is 0 Å². The van der Waals surface area contributed by atoms with Gasteiger partial charge >= 0.3 is 0 Å². The molecule has 126 valence electrons. The summed E-state index contributed by atoms with van der Waals surface area (Å²) in [5.41, 5.74) is 7.97. The third kappa shape index (κ3) is 4.57. The molecule has 5 nitrogen and oxygen atoms in total. The van der Waals surface area contributed by atoms with Gasteiger partial charge in [0, 0.05) is 5.56 Å². The van der Waals surface area contributed by atoms with Crippen LogP contribution in [0.5, 0.6) is 11.5 Å². The smallest absolute Gasteiger partial charge is 0.257 e. The lowest BCUT2D eigenvalue weighted by atomic mass is 10.1. The SMILES string of the molecule is COc1cc(C(=O)NC(N)=S)cc(I)c1OCc1ccccc1C. The van der Waals surface area contributed by atoms with Crippen LogP contribution in [0, 0.1) is 10.5 Å². The minimum atomic E-state index is -0.385. The first kappa shape index (κ1) is 18.5. The summed E-state index contributed by atoms with van der Waals surface area (Å²) in [4.78, 5) is 12.0. The highest BCUT2D eigenvalue weighted by atomic mass is 127. The van der Waals surface area contributed by atoms with Gasteiger partial charge in [0.05, 0.1) is 10.7 Å². The normalized spacial score (nSPS) is 10.1. The average molecular weight is 456 g/mol. The molecule has 0 aliphatic carbocycles. The van der Waals surface area contributed by atoms with Crippen LogP contribution < -0.4 is 20.5 Å². The van der Waals surface area contributed by atoms with E-state index in [2.05, 4.69) is 40.1 Å². The highest BCUT2D eigenvalue weighted by Gasteiger charge is 2.16. The summed E-state index contributed by atoms with van der Waals surface area (Å²) in [5, 5.41) is 2.32. The van der Waals surface area contributed by atoms with Gasteiger partial charge in [-0.15, -0.1) is 0 Å². The fourth-order valence-electron chi connectivity index (χ4n) is 2.10. The van der Waals surface area contributed by atoms with Crippen LogP contribution in [0.4, 0.5) is 0 Å². The highest BCUT2D eigenvalue weighted by Crippen LogP contribution is 2.34. The Morgan fingerprint density at radius 1 is 1.33 bits per heavy atom. The number of methoxy groups -OCH3 is 1. The second-order valence-electron chi connectivity index (χ2n) is 5.02. The van der Waals surface area contributed by atoms with E-state index < -0.39 is 0 Å². The molecule has 0 atom stereocenters. The number of hydrogen-bond donors (Lipinski definition) is 2. The number of hydrogen-bond acceptors (Lipinski definition) is 4. The fourth-order valence-corrected chi connectivity index (χ4v) is 2.95. The molecule has 24 heavy (non-hydrogen) atoms. The van der Waals surface area contributed by atoms with Crippen LogP contribution in [0.1, 0.15) is 21.5 Å². The minimum absolute atomic E-state index is 0.0751. The molecule has 2 rings (SSSR count). The second-order valence-corrected chi connectivity index (χ2v) is 6.63. The molecule has 3 N–H and O–H groups in total. The van der Waals surface area contributed by atoms with Gasteiger partial charge in [-0.25, -0.2) is 0 Å². The molecular weight excluding hydrogens is 439 g/mol.